The second kappa shape index (κ2) is 7.41. The van der Waals surface area contributed by atoms with Gasteiger partial charge in [0.1, 0.15) is 0 Å². The molecule has 5 heteroatoms. The van der Waals surface area contributed by atoms with Gasteiger partial charge in [0.05, 0.1) is 11.4 Å². The summed E-state index contributed by atoms with van der Waals surface area (Å²) in [7, 11) is 0. The van der Waals surface area contributed by atoms with Gasteiger partial charge in [-0.25, -0.2) is 0 Å². The van der Waals surface area contributed by atoms with Crippen LogP contribution < -0.4 is 10.6 Å². The van der Waals surface area contributed by atoms with Gasteiger partial charge in [-0.2, -0.15) is 16.9 Å². The van der Waals surface area contributed by atoms with E-state index in [0.717, 1.165) is 37.0 Å². The van der Waals surface area contributed by atoms with Crippen LogP contribution in [0.2, 0.25) is 0 Å². The zero-order valence-electron chi connectivity index (χ0n) is 15.3. The van der Waals surface area contributed by atoms with E-state index in [2.05, 4.69) is 81.1 Å². The van der Waals surface area contributed by atoms with E-state index >= 15 is 0 Å². The standard InChI is InChI=1S/C22H24N4S/c1-2-4-19-16(3-1)13-20-21(25-26-22(19)20)15-5-7-17(8-6-15)24-10-9-18-14-23-11-12-27-18/h1-8,18,23-24H,9-14H2,(H,25,26). The first kappa shape index (κ1) is 16.9. The van der Waals surface area contributed by atoms with Crippen LogP contribution in [-0.2, 0) is 6.42 Å². The van der Waals surface area contributed by atoms with E-state index in [1.807, 2.05) is 0 Å². The summed E-state index contributed by atoms with van der Waals surface area (Å²) in [4.78, 5) is 0. The van der Waals surface area contributed by atoms with Crippen molar-refractivity contribution in [2.24, 2.45) is 0 Å². The van der Waals surface area contributed by atoms with Gasteiger partial charge in [0.15, 0.2) is 0 Å². The minimum atomic E-state index is 0.735. The highest BCUT2D eigenvalue weighted by molar-refractivity contribution is 8.00. The average Bonchev–Trinajstić information content (AvgIpc) is 3.29. The van der Waals surface area contributed by atoms with Crippen molar-refractivity contribution in [3.8, 4) is 22.5 Å². The minimum absolute atomic E-state index is 0.735. The first-order valence-electron chi connectivity index (χ1n) is 9.70. The fourth-order valence-corrected chi connectivity index (χ4v) is 5.15. The molecule has 1 aliphatic heterocycles. The second-order valence-electron chi connectivity index (χ2n) is 7.25. The van der Waals surface area contributed by atoms with Crippen LogP contribution >= 0.6 is 11.8 Å². The molecule has 1 saturated heterocycles. The highest BCUT2D eigenvalue weighted by atomic mass is 32.2. The van der Waals surface area contributed by atoms with Gasteiger partial charge in [-0.3, -0.25) is 5.10 Å². The molecule has 3 N–H and O–H groups in total. The molecule has 3 aromatic rings. The van der Waals surface area contributed by atoms with Crippen LogP contribution in [0.4, 0.5) is 5.69 Å². The lowest BCUT2D eigenvalue weighted by atomic mass is 10.1. The summed E-state index contributed by atoms with van der Waals surface area (Å²) >= 11 is 2.09. The van der Waals surface area contributed by atoms with Crippen LogP contribution in [-0.4, -0.2) is 40.8 Å². The largest absolute Gasteiger partial charge is 0.385 e. The molecule has 0 bridgehead atoms. The van der Waals surface area contributed by atoms with Crippen molar-refractivity contribution >= 4 is 17.4 Å². The Labute approximate surface area is 164 Å². The molecule has 0 spiro atoms. The maximum atomic E-state index is 4.60. The quantitative estimate of drug-likeness (QED) is 0.490. The molecule has 4 nitrogen and oxygen atoms in total. The number of H-pyrrole nitrogens is 1. The van der Waals surface area contributed by atoms with Gasteiger partial charge in [0.25, 0.3) is 0 Å². The number of fused-ring (bicyclic) bond motifs is 3. The van der Waals surface area contributed by atoms with E-state index in [1.54, 1.807) is 0 Å². The van der Waals surface area contributed by atoms with Crippen molar-refractivity contribution in [2.45, 2.75) is 18.1 Å². The molecule has 1 aromatic heterocycles. The Morgan fingerprint density at radius 1 is 1.11 bits per heavy atom. The van der Waals surface area contributed by atoms with Gasteiger partial charge in [-0.15, -0.1) is 0 Å². The molecule has 0 saturated carbocycles. The van der Waals surface area contributed by atoms with E-state index in [-0.39, 0.29) is 0 Å². The number of aromatic amines is 1. The lowest BCUT2D eigenvalue weighted by Crippen LogP contribution is -2.33. The third-order valence-electron chi connectivity index (χ3n) is 5.48. The Hall–Kier alpha value is -2.24. The molecular weight excluding hydrogens is 352 g/mol. The van der Waals surface area contributed by atoms with Crippen molar-refractivity contribution in [3.63, 3.8) is 0 Å². The van der Waals surface area contributed by atoms with Gasteiger partial charge >= 0.3 is 0 Å². The Bertz CT molecular complexity index is 926. The number of hydrogen-bond donors (Lipinski definition) is 3. The van der Waals surface area contributed by atoms with Gasteiger partial charge in [-0.05, 0) is 24.1 Å². The molecule has 2 aromatic carbocycles. The fourth-order valence-electron chi connectivity index (χ4n) is 4.04. The molecule has 1 aliphatic carbocycles. The summed E-state index contributed by atoms with van der Waals surface area (Å²) in [5.41, 5.74) is 8.62. The summed E-state index contributed by atoms with van der Waals surface area (Å²) in [5, 5.41) is 15.6. The summed E-state index contributed by atoms with van der Waals surface area (Å²) in [5.74, 6) is 1.23. The normalized spacial score (nSPS) is 18.1. The summed E-state index contributed by atoms with van der Waals surface area (Å²) in [6.07, 6.45) is 2.16. The molecule has 2 heterocycles. The van der Waals surface area contributed by atoms with Gasteiger partial charge in [-0.1, -0.05) is 36.4 Å². The molecular formula is C22H24N4S. The van der Waals surface area contributed by atoms with Gasteiger partial charge in [0.2, 0.25) is 0 Å². The lowest BCUT2D eigenvalue weighted by molar-refractivity contribution is 0.648. The molecule has 138 valence electrons. The number of aromatic nitrogens is 2. The number of thioether (sulfide) groups is 1. The van der Waals surface area contributed by atoms with Crippen LogP contribution in [0.1, 0.15) is 17.5 Å². The number of nitrogens with one attached hydrogen (secondary N) is 3. The van der Waals surface area contributed by atoms with Crippen LogP contribution in [0, 0.1) is 0 Å². The van der Waals surface area contributed by atoms with E-state index in [4.69, 9.17) is 0 Å². The van der Waals surface area contributed by atoms with Crippen LogP contribution in [0.15, 0.2) is 48.5 Å². The maximum absolute atomic E-state index is 4.60. The number of rotatable bonds is 5. The Morgan fingerprint density at radius 3 is 2.85 bits per heavy atom. The predicted octanol–water partition coefficient (Wildman–Crippen LogP) is 4.15. The number of hydrogen-bond acceptors (Lipinski definition) is 4. The van der Waals surface area contributed by atoms with Crippen molar-refractivity contribution in [1.29, 1.82) is 0 Å². The Morgan fingerprint density at radius 2 is 2.00 bits per heavy atom. The SMILES string of the molecule is c1ccc2c(c1)Cc1c(-c3ccc(NCCC4CNCCS4)cc3)n[nH]c1-2. The Kier molecular flexibility index (Phi) is 4.64. The number of benzene rings is 2. The topological polar surface area (TPSA) is 52.7 Å². The van der Waals surface area contributed by atoms with E-state index in [9.17, 15) is 0 Å². The third-order valence-corrected chi connectivity index (χ3v) is 6.79. The Balaban J connectivity index is 1.26. The van der Waals surface area contributed by atoms with Crippen molar-refractivity contribution in [3.05, 3.63) is 59.7 Å². The summed E-state index contributed by atoms with van der Waals surface area (Å²) < 4.78 is 0. The predicted molar refractivity (Wildman–Crippen MR) is 114 cm³/mol. The highest BCUT2D eigenvalue weighted by Crippen LogP contribution is 2.39. The van der Waals surface area contributed by atoms with Crippen LogP contribution in [0.3, 0.4) is 0 Å². The zero-order valence-corrected chi connectivity index (χ0v) is 16.1. The number of nitrogens with zero attached hydrogens (tertiary/aromatic N) is 1. The molecule has 1 fully saturated rings. The van der Waals surface area contributed by atoms with E-state index in [1.165, 1.54) is 45.8 Å². The molecule has 0 amide bonds. The molecule has 2 aliphatic rings. The first-order valence-corrected chi connectivity index (χ1v) is 10.8. The summed E-state index contributed by atoms with van der Waals surface area (Å²) in [6.45, 7) is 3.31. The lowest BCUT2D eigenvalue weighted by Gasteiger charge is -2.22. The zero-order chi connectivity index (χ0) is 18.1. The van der Waals surface area contributed by atoms with E-state index < -0.39 is 0 Å². The highest BCUT2D eigenvalue weighted by Gasteiger charge is 2.24. The molecule has 1 unspecified atom stereocenters. The monoisotopic (exact) mass is 376 g/mol. The van der Waals surface area contributed by atoms with Crippen molar-refractivity contribution in [1.82, 2.24) is 15.5 Å². The molecule has 1 atom stereocenters. The molecule has 0 radical (unpaired) electrons. The molecule has 5 rings (SSSR count). The first-order chi connectivity index (χ1) is 13.4. The maximum Gasteiger partial charge on any atom is 0.0962 e. The van der Waals surface area contributed by atoms with Gasteiger partial charge in [0, 0.05) is 59.4 Å². The molecule has 27 heavy (non-hydrogen) atoms. The number of anilines is 1. The van der Waals surface area contributed by atoms with Crippen LogP contribution in [0.5, 0.6) is 0 Å². The summed E-state index contributed by atoms with van der Waals surface area (Å²) in [6, 6.07) is 17.3. The van der Waals surface area contributed by atoms with E-state index in [0.29, 0.717) is 0 Å². The third kappa shape index (κ3) is 3.37. The smallest absolute Gasteiger partial charge is 0.0962 e. The second-order valence-corrected chi connectivity index (χ2v) is 8.66. The minimum Gasteiger partial charge on any atom is -0.385 e. The van der Waals surface area contributed by atoms with Gasteiger partial charge < -0.3 is 10.6 Å². The van der Waals surface area contributed by atoms with Crippen molar-refractivity contribution < 1.29 is 0 Å². The van der Waals surface area contributed by atoms with Crippen molar-refractivity contribution in [2.75, 3.05) is 30.7 Å². The average molecular weight is 377 g/mol. The van der Waals surface area contributed by atoms with Crippen LogP contribution in [0.25, 0.3) is 22.5 Å². The fraction of sp³-hybridized carbons (Fsp3) is 0.318.